The summed E-state index contributed by atoms with van der Waals surface area (Å²) >= 11 is 1.92. The van der Waals surface area contributed by atoms with Crippen molar-refractivity contribution >= 4 is 11.3 Å². The highest BCUT2D eigenvalue weighted by Crippen LogP contribution is 2.31. The van der Waals surface area contributed by atoms with Gasteiger partial charge in [-0.2, -0.15) is 0 Å². The third-order valence-electron chi connectivity index (χ3n) is 3.83. The van der Waals surface area contributed by atoms with Crippen LogP contribution in [0.2, 0.25) is 0 Å². The minimum Gasteiger partial charge on any atom is -0.319 e. The van der Waals surface area contributed by atoms with Crippen molar-refractivity contribution in [3.63, 3.8) is 0 Å². The van der Waals surface area contributed by atoms with Gasteiger partial charge in [-0.05, 0) is 56.1 Å². The number of thiophene rings is 1. The lowest BCUT2D eigenvalue weighted by Crippen LogP contribution is -2.26. The van der Waals surface area contributed by atoms with Gasteiger partial charge in [-0.1, -0.05) is 25.3 Å². The molecule has 0 amide bonds. The maximum Gasteiger partial charge on any atom is 0.00480 e. The monoisotopic (exact) mass is 237 g/mol. The molecule has 1 N–H and O–H groups in total. The summed E-state index contributed by atoms with van der Waals surface area (Å²) in [5.41, 5.74) is 0. The molecule has 0 aromatic carbocycles. The van der Waals surface area contributed by atoms with E-state index in [9.17, 15) is 0 Å². The lowest BCUT2D eigenvalue weighted by Gasteiger charge is -2.24. The molecule has 2 rings (SSSR count). The molecule has 0 aliphatic heterocycles. The highest BCUT2D eigenvalue weighted by atomic mass is 32.1. The minimum absolute atomic E-state index is 0.898. The molecule has 1 heterocycles. The first-order valence-corrected chi connectivity index (χ1v) is 7.45. The SMILES string of the molecule is CNCC1CCCCCC1Cc1cccs1. The van der Waals surface area contributed by atoms with Crippen LogP contribution in [0.25, 0.3) is 0 Å². The zero-order chi connectivity index (χ0) is 11.2. The predicted octanol–water partition coefficient (Wildman–Crippen LogP) is 3.71. The van der Waals surface area contributed by atoms with E-state index in [-0.39, 0.29) is 0 Å². The summed E-state index contributed by atoms with van der Waals surface area (Å²) in [6.07, 6.45) is 8.50. The Balaban J connectivity index is 1.96. The molecular weight excluding hydrogens is 214 g/mol. The summed E-state index contributed by atoms with van der Waals surface area (Å²) < 4.78 is 0. The molecule has 1 aliphatic rings. The van der Waals surface area contributed by atoms with Crippen molar-refractivity contribution in [1.29, 1.82) is 0 Å². The summed E-state index contributed by atoms with van der Waals surface area (Å²) in [5.74, 6) is 1.81. The summed E-state index contributed by atoms with van der Waals surface area (Å²) in [6.45, 7) is 1.20. The highest BCUT2D eigenvalue weighted by Gasteiger charge is 2.23. The van der Waals surface area contributed by atoms with E-state index in [1.165, 1.54) is 45.1 Å². The fourth-order valence-electron chi connectivity index (χ4n) is 2.95. The molecule has 90 valence electrons. The maximum atomic E-state index is 3.38. The summed E-state index contributed by atoms with van der Waals surface area (Å²) in [5, 5.41) is 5.59. The Labute approximate surface area is 103 Å². The normalized spacial score (nSPS) is 26.6. The van der Waals surface area contributed by atoms with Crippen LogP contribution in [0.15, 0.2) is 17.5 Å². The van der Waals surface area contributed by atoms with Gasteiger partial charge >= 0.3 is 0 Å². The molecule has 16 heavy (non-hydrogen) atoms. The van der Waals surface area contributed by atoms with Crippen molar-refractivity contribution in [1.82, 2.24) is 5.32 Å². The molecule has 1 saturated carbocycles. The van der Waals surface area contributed by atoms with Crippen molar-refractivity contribution in [2.24, 2.45) is 11.8 Å². The Morgan fingerprint density at radius 1 is 1.25 bits per heavy atom. The van der Waals surface area contributed by atoms with Crippen molar-refractivity contribution in [2.45, 2.75) is 38.5 Å². The molecule has 2 heteroatoms. The van der Waals surface area contributed by atoms with Gasteiger partial charge in [-0.3, -0.25) is 0 Å². The van der Waals surface area contributed by atoms with Gasteiger partial charge in [-0.25, -0.2) is 0 Å². The molecule has 0 bridgehead atoms. The molecule has 1 nitrogen and oxygen atoms in total. The van der Waals surface area contributed by atoms with Crippen LogP contribution in [0, 0.1) is 11.8 Å². The summed E-state index contributed by atoms with van der Waals surface area (Å²) in [4.78, 5) is 1.58. The molecule has 2 atom stereocenters. The van der Waals surface area contributed by atoms with Crippen LogP contribution < -0.4 is 5.32 Å². The van der Waals surface area contributed by atoms with Crippen molar-refractivity contribution in [2.75, 3.05) is 13.6 Å². The van der Waals surface area contributed by atoms with Gasteiger partial charge in [0.2, 0.25) is 0 Å². The second kappa shape index (κ2) is 6.41. The predicted molar refractivity (Wildman–Crippen MR) is 72.0 cm³/mol. The lowest BCUT2D eigenvalue weighted by atomic mass is 9.85. The number of hydrogen-bond donors (Lipinski definition) is 1. The third kappa shape index (κ3) is 3.33. The van der Waals surface area contributed by atoms with Gasteiger partial charge in [0.25, 0.3) is 0 Å². The van der Waals surface area contributed by atoms with Crippen LogP contribution in [-0.2, 0) is 6.42 Å². The van der Waals surface area contributed by atoms with E-state index in [0.29, 0.717) is 0 Å². The first-order chi connectivity index (χ1) is 7.90. The van der Waals surface area contributed by atoms with Crippen molar-refractivity contribution < 1.29 is 0 Å². The highest BCUT2D eigenvalue weighted by molar-refractivity contribution is 7.09. The second-order valence-corrected chi connectivity index (χ2v) is 6.03. The van der Waals surface area contributed by atoms with Crippen LogP contribution in [0.3, 0.4) is 0 Å². The van der Waals surface area contributed by atoms with Crippen LogP contribution in [0.4, 0.5) is 0 Å². The van der Waals surface area contributed by atoms with Crippen LogP contribution >= 0.6 is 11.3 Å². The first kappa shape index (κ1) is 12.1. The smallest absolute Gasteiger partial charge is 0.00480 e. The Morgan fingerprint density at radius 2 is 2.06 bits per heavy atom. The van der Waals surface area contributed by atoms with E-state index in [1.807, 2.05) is 11.3 Å². The van der Waals surface area contributed by atoms with Gasteiger partial charge in [0, 0.05) is 4.88 Å². The molecule has 0 saturated heterocycles. The van der Waals surface area contributed by atoms with Crippen LogP contribution in [0.1, 0.15) is 37.0 Å². The van der Waals surface area contributed by atoms with E-state index < -0.39 is 0 Å². The fourth-order valence-corrected chi connectivity index (χ4v) is 3.75. The van der Waals surface area contributed by atoms with Crippen molar-refractivity contribution in [3.05, 3.63) is 22.4 Å². The Bertz CT molecular complexity index is 281. The Morgan fingerprint density at radius 3 is 2.75 bits per heavy atom. The van der Waals surface area contributed by atoms with E-state index in [4.69, 9.17) is 0 Å². The molecule has 2 unspecified atom stereocenters. The standard InChI is InChI=1S/C14H23NS/c1-15-11-13-7-4-2-3-6-12(13)10-14-8-5-9-16-14/h5,8-9,12-13,15H,2-4,6-7,10-11H2,1H3. The summed E-state index contributed by atoms with van der Waals surface area (Å²) in [6, 6.07) is 4.48. The minimum atomic E-state index is 0.898. The van der Waals surface area contributed by atoms with Gasteiger partial charge < -0.3 is 5.32 Å². The number of hydrogen-bond acceptors (Lipinski definition) is 2. The second-order valence-electron chi connectivity index (χ2n) is 5.00. The zero-order valence-electron chi connectivity index (χ0n) is 10.2. The molecule has 1 aliphatic carbocycles. The zero-order valence-corrected chi connectivity index (χ0v) is 11.1. The largest absolute Gasteiger partial charge is 0.319 e. The fraction of sp³-hybridized carbons (Fsp3) is 0.714. The van der Waals surface area contributed by atoms with Gasteiger partial charge in [0.15, 0.2) is 0 Å². The number of rotatable bonds is 4. The summed E-state index contributed by atoms with van der Waals surface area (Å²) in [7, 11) is 2.09. The van der Waals surface area contributed by atoms with E-state index in [2.05, 4.69) is 29.9 Å². The Hall–Kier alpha value is -0.340. The third-order valence-corrected chi connectivity index (χ3v) is 4.73. The van der Waals surface area contributed by atoms with Gasteiger partial charge in [-0.15, -0.1) is 11.3 Å². The first-order valence-electron chi connectivity index (χ1n) is 6.57. The molecule has 1 aromatic rings. The maximum absolute atomic E-state index is 3.38. The average molecular weight is 237 g/mol. The van der Waals surface area contributed by atoms with E-state index in [0.717, 1.165) is 11.8 Å². The Kier molecular flexibility index (Phi) is 4.86. The molecule has 0 spiro atoms. The molecule has 1 fully saturated rings. The van der Waals surface area contributed by atoms with Crippen LogP contribution in [0.5, 0.6) is 0 Å². The molecule has 0 radical (unpaired) electrons. The van der Waals surface area contributed by atoms with Crippen LogP contribution in [-0.4, -0.2) is 13.6 Å². The van der Waals surface area contributed by atoms with Gasteiger partial charge in [0.05, 0.1) is 0 Å². The molecular formula is C14H23NS. The van der Waals surface area contributed by atoms with Gasteiger partial charge in [0.1, 0.15) is 0 Å². The van der Waals surface area contributed by atoms with E-state index >= 15 is 0 Å². The average Bonchev–Trinajstić information content (AvgIpc) is 2.69. The topological polar surface area (TPSA) is 12.0 Å². The lowest BCUT2D eigenvalue weighted by molar-refractivity contribution is 0.305. The van der Waals surface area contributed by atoms with E-state index in [1.54, 1.807) is 4.88 Å². The van der Waals surface area contributed by atoms with Crippen molar-refractivity contribution in [3.8, 4) is 0 Å². The number of nitrogens with one attached hydrogen (secondary N) is 1. The molecule has 1 aromatic heterocycles. The quantitative estimate of drug-likeness (QED) is 0.787.